The smallest absolute Gasteiger partial charge is 0.162 e. The largest absolute Gasteiger partial charge is 0.512 e. The number of carbonyl (C=O) groups excluding carboxylic acids is 1. The molecule has 0 atom stereocenters. The number of carbonyl (C=O) groups is 1. The normalized spacial score (nSPS) is 15.1. The molecule has 1 N–H and O–H groups in total. The quantitative estimate of drug-likeness (QED) is 0.0463. The van der Waals surface area contributed by atoms with Crippen molar-refractivity contribution in [3.8, 4) is 11.3 Å². The second kappa shape index (κ2) is 22.1. The van der Waals surface area contributed by atoms with Gasteiger partial charge in [0.1, 0.15) is 6.33 Å². The summed E-state index contributed by atoms with van der Waals surface area (Å²) in [6.07, 6.45) is 11.9. The molecule has 329 valence electrons. The molecule has 6 rings (SSSR count). The van der Waals surface area contributed by atoms with Crippen molar-refractivity contribution >= 4 is 61.5 Å². The zero-order chi connectivity index (χ0) is 43.1. The number of hydrogen-bond donors (Lipinski definition) is 1. The van der Waals surface area contributed by atoms with Crippen LogP contribution in [0.3, 0.4) is 0 Å². The molecular weight excluding hydrogens is 949 g/mol. The zero-order valence-corrected chi connectivity index (χ0v) is 43.2. The average Bonchev–Trinajstić information content (AvgIpc) is 3.56. The van der Waals surface area contributed by atoms with Crippen LogP contribution in [-0.2, 0) is 24.9 Å². The number of thiophene rings is 1. The van der Waals surface area contributed by atoms with E-state index in [-0.39, 0.29) is 43.5 Å². The molecule has 3 aromatic carbocycles. The van der Waals surface area contributed by atoms with Crippen LogP contribution < -0.4 is 5.19 Å². The van der Waals surface area contributed by atoms with Crippen LogP contribution in [0.25, 0.3) is 42.3 Å². The fourth-order valence-corrected chi connectivity index (χ4v) is 18.6. The number of aliphatic hydroxyl groups is 1. The van der Waals surface area contributed by atoms with Crippen molar-refractivity contribution in [1.29, 1.82) is 0 Å². The van der Waals surface area contributed by atoms with Gasteiger partial charge in [0, 0.05) is 58.5 Å². The summed E-state index contributed by atoms with van der Waals surface area (Å²) in [4.78, 5) is 21.6. The number of hydrogen-bond acceptors (Lipinski definition) is 5. The Morgan fingerprint density at radius 1 is 0.833 bits per heavy atom. The van der Waals surface area contributed by atoms with Gasteiger partial charge in [-0.25, -0.2) is 4.98 Å². The van der Waals surface area contributed by atoms with Crippen LogP contribution in [0.1, 0.15) is 146 Å². The van der Waals surface area contributed by atoms with Crippen molar-refractivity contribution in [1.82, 2.24) is 9.97 Å². The Labute approximate surface area is 382 Å². The van der Waals surface area contributed by atoms with Gasteiger partial charge in [0.15, 0.2) is 5.78 Å². The first-order valence-electron chi connectivity index (χ1n) is 23.1. The summed E-state index contributed by atoms with van der Waals surface area (Å²) < 4.78 is 2.54. The molecule has 1 fully saturated rings. The number of allylic oxidation sites excluding steroid dienone is 2. The fourth-order valence-electron chi connectivity index (χ4n) is 10.3. The maximum atomic E-state index is 11.7. The first-order valence-corrected chi connectivity index (χ1v) is 26.6. The predicted octanol–water partition coefficient (Wildman–Crippen LogP) is 15.6. The summed E-state index contributed by atoms with van der Waals surface area (Å²) in [5.74, 6) is 3.22. The van der Waals surface area contributed by atoms with Gasteiger partial charge in [0.05, 0.1) is 19.3 Å². The maximum absolute atomic E-state index is 11.7. The van der Waals surface area contributed by atoms with Gasteiger partial charge in [-0.3, -0.25) is 9.78 Å². The molecule has 4 nitrogen and oxygen atoms in total. The standard InChI is InChI=1S/C40H51N2SSi.C13H24O2.Ir/c1-26(2)22-44(23-27(3)4,24-28(5)6)36-21-32(19-31-11-9-10-12-33(31)36)37-39-38(42-25-41-37)34-14-13-30(20-35(34)43-39)29-15-17-40(7,8)18-16-29;1-5-10(6-2)12(14)9-13(15)11(7-3)8-4;/h9-14,20-21,25-29H,15-18,22-24H2,1-8H3;9-11,14H,5-8H2,1-4H3;/q-1;;/b;12-9-;. The van der Waals surface area contributed by atoms with E-state index in [0.717, 1.165) is 42.5 Å². The van der Waals surface area contributed by atoms with Gasteiger partial charge in [0.25, 0.3) is 0 Å². The number of benzene rings is 3. The van der Waals surface area contributed by atoms with E-state index < -0.39 is 8.07 Å². The Morgan fingerprint density at radius 2 is 1.42 bits per heavy atom. The van der Waals surface area contributed by atoms with Gasteiger partial charge in [-0.15, -0.1) is 40.1 Å². The molecule has 2 aromatic heterocycles. The predicted molar refractivity (Wildman–Crippen MR) is 260 cm³/mol. The van der Waals surface area contributed by atoms with Crippen molar-refractivity contribution in [2.24, 2.45) is 35.0 Å². The Morgan fingerprint density at radius 3 is 1.98 bits per heavy atom. The summed E-state index contributed by atoms with van der Waals surface area (Å²) in [5, 5.41) is 15.3. The summed E-state index contributed by atoms with van der Waals surface area (Å²) >= 11 is 1.88. The minimum Gasteiger partial charge on any atom is -0.512 e. The van der Waals surface area contributed by atoms with E-state index in [1.54, 1.807) is 11.5 Å². The van der Waals surface area contributed by atoms with Crippen LogP contribution in [0.4, 0.5) is 0 Å². The molecule has 2 heterocycles. The van der Waals surface area contributed by atoms with E-state index in [1.807, 2.05) is 39.0 Å². The molecule has 7 heteroatoms. The molecule has 1 radical (unpaired) electrons. The minimum absolute atomic E-state index is 0. The second-order valence-electron chi connectivity index (χ2n) is 19.9. The Balaban J connectivity index is 0.000000425. The van der Waals surface area contributed by atoms with Crippen LogP contribution in [0.15, 0.2) is 66.7 Å². The third-order valence-corrected chi connectivity index (χ3v) is 20.7. The number of aromatic nitrogens is 2. The Kier molecular flexibility index (Phi) is 18.4. The van der Waals surface area contributed by atoms with Crippen LogP contribution in [0, 0.1) is 41.1 Å². The van der Waals surface area contributed by atoms with Crippen LogP contribution >= 0.6 is 11.3 Å². The Bertz CT molecular complexity index is 2160. The molecule has 0 aliphatic heterocycles. The molecule has 1 aliphatic rings. The summed E-state index contributed by atoms with van der Waals surface area (Å²) in [6.45, 7) is 27.5. The van der Waals surface area contributed by atoms with Crippen LogP contribution in [0.2, 0.25) is 18.1 Å². The number of nitrogens with zero attached hydrogens (tertiary/aromatic N) is 2. The molecule has 0 unspecified atom stereocenters. The molecule has 1 aliphatic carbocycles. The van der Waals surface area contributed by atoms with Crippen LogP contribution in [-0.4, -0.2) is 28.9 Å². The van der Waals surface area contributed by atoms with E-state index in [0.29, 0.717) is 29.1 Å². The molecule has 0 amide bonds. The van der Waals surface area contributed by atoms with E-state index >= 15 is 0 Å². The van der Waals surface area contributed by atoms with E-state index in [9.17, 15) is 9.90 Å². The molecule has 0 spiro atoms. The van der Waals surface area contributed by atoms with E-state index in [1.165, 1.54) is 81.0 Å². The number of aliphatic hydroxyl groups excluding tert-OH is 1. The minimum atomic E-state index is -1.89. The van der Waals surface area contributed by atoms with Crippen LogP contribution in [0.5, 0.6) is 0 Å². The van der Waals surface area contributed by atoms with Crippen molar-refractivity contribution in [3.05, 3.63) is 78.3 Å². The summed E-state index contributed by atoms with van der Waals surface area (Å²) in [7, 11) is -1.89. The first-order chi connectivity index (χ1) is 28.0. The zero-order valence-electron chi connectivity index (χ0n) is 39.0. The van der Waals surface area contributed by atoms with Crippen molar-refractivity contribution < 1.29 is 30.0 Å². The SMILES string of the molecule is CC(C)C[Si](CC(C)C)(CC(C)C)c1cc(-c2ncnc3c2sc2cc(C4CCC(C)(C)CC4)ccc23)[c-]c2ccccc12.CCC(CC)C(=O)/C=C(\O)C(CC)CC.[Ir]. The number of ketones is 1. The monoisotopic (exact) mass is 1020 g/mol. The summed E-state index contributed by atoms with van der Waals surface area (Å²) in [6, 6.07) is 26.5. The number of fused-ring (bicyclic) bond motifs is 4. The molecule has 0 saturated heterocycles. The second-order valence-corrected chi connectivity index (χ2v) is 25.3. The van der Waals surface area contributed by atoms with Gasteiger partial charge in [-0.05, 0) is 92.1 Å². The van der Waals surface area contributed by atoms with Gasteiger partial charge < -0.3 is 5.11 Å². The molecule has 60 heavy (non-hydrogen) atoms. The van der Waals surface area contributed by atoms with Gasteiger partial charge >= 0.3 is 0 Å². The fraction of sp³-hybridized carbons (Fsp3) is 0.566. The third-order valence-electron chi connectivity index (χ3n) is 13.2. The molecule has 5 aromatic rings. The molecule has 0 bridgehead atoms. The van der Waals surface area contributed by atoms with Crippen molar-refractivity contribution in [2.75, 3.05) is 0 Å². The average molecular weight is 1020 g/mol. The molecular formula is C53H75IrN2O2SSi-. The number of rotatable bonds is 16. The topological polar surface area (TPSA) is 63.1 Å². The van der Waals surface area contributed by atoms with Gasteiger partial charge in [-0.2, -0.15) is 0 Å². The van der Waals surface area contributed by atoms with E-state index in [4.69, 9.17) is 9.97 Å². The van der Waals surface area contributed by atoms with E-state index in [2.05, 4.69) is 110 Å². The third kappa shape index (κ3) is 12.1. The van der Waals surface area contributed by atoms with Crippen molar-refractivity contribution in [3.63, 3.8) is 0 Å². The van der Waals surface area contributed by atoms with Gasteiger partial charge in [0.2, 0.25) is 0 Å². The Hall–Kier alpha value is -2.70. The van der Waals surface area contributed by atoms with Crippen molar-refractivity contribution in [2.45, 2.75) is 159 Å². The molecule has 1 saturated carbocycles. The first kappa shape index (κ1) is 49.9. The summed E-state index contributed by atoms with van der Waals surface area (Å²) in [5.41, 5.74) is 5.26. The maximum Gasteiger partial charge on any atom is 0.162 e. The van der Waals surface area contributed by atoms with Gasteiger partial charge in [-0.1, -0.05) is 142 Å².